The summed E-state index contributed by atoms with van der Waals surface area (Å²) < 4.78 is 7.18. The van der Waals surface area contributed by atoms with Gasteiger partial charge in [-0.3, -0.25) is 9.20 Å². The van der Waals surface area contributed by atoms with Crippen molar-refractivity contribution in [3.05, 3.63) is 81.3 Å². The minimum Gasteiger partial charge on any atom is -0.619 e. The lowest BCUT2D eigenvalue weighted by Crippen LogP contribution is -2.24. The van der Waals surface area contributed by atoms with Crippen molar-refractivity contribution in [3.8, 4) is 0 Å². The van der Waals surface area contributed by atoms with E-state index in [0.29, 0.717) is 16.1 Å². The molecule has 7 nitrogen and oxygen atoms in total. The SMILES string of the molecule is Cc1cccc2nc(COC(=O)c3cc[n+]([O-])cc3)cc(=O)n12. The maximum absolute atomic E-state index is 12.1. The number of pyridine rings is 2. The van der Waals surface area contributed by atoms with Crippen LogP contribution in [0.15, 0.2) is 53.6 Å². The van der Waals surface area contributed by atoms with Crippen molar-refractivity contribution >= 4 is 11.6 Å². The largest absolute Gasteiger partial charge is 0.619 e. The van der Waals surface area contributed by atoms with E-state index < -0.39 is 5.97 Å². The Hall–Kier alpha value is -3.22. The smallest absolute Gasteiger partial charge is 0.338 e. The fourth-order valence-electron chi connectivity index (χ4n) is 2.21. The van der Waals surface area contributed by atoms with Gasteiger partial charge in [0.05, 0.1) is 11.3 Å². The predicted molar refractivity (Wildman–Crippen MR) is 80.7 cm³/mol. The molecule has 7 heteroatoms. The number of aromatic nitrogens is 3. The first-order valence-electron chi connectivity index (χ1n) is 6.89. The van der Waals surface area contributed by atoms with Crippen LogP contribution in [0.4, 0.5) is 0 Å². The first kappa shape index (κ1) is 14.7. The van der Waals surface area contributed by atoms with Gasteiger partial charge in [0.1, 0.15) is 12.3 Å². The summed E-state index contributed by atoms with van der Waals surface area (Å²) in [7, 11) is 0. The van der Waals surface area contributed by atoms with Crippen molar-refractivity contribution in [2.75, 3.05) is 0 Å². The number of nitrogens with zero attached hydrogens (tertiary/aromatic N) is 3. The zero-order valence-electron chi connectivity index (χ0n) is 12.3. The van der Waals surface area contributed by atoms with E-state index in [-0.39, 0.29) is 17.7 Å². The molecule has 0 aliphatic heterocycles. The molecule has 116 valence electrons. The molecule has 0 saturated heterocycles. The minimum atomic E-state index is -0.586. The molecule has 0 aromatic carbocycles. The minimum absolute atomic E-state index is 0.120. The summed E-state index contributed by atoms with van der Waals surface area (Å²) in [6.07, 6.45) is 2.42. The van der Waals surface area contributed by atoms with Crippen molar-refractivity contribution in [3.63, 3.8) is 0 Å². The molecule has 0 amide bonds. The number of ether oxygens (including phenoxy) is 1. The number of carbonyl (C=O) groups is 1. The van der Waals surface area contributed by atoms with Crippen molar-refractivity contribution in [2.45, 2.75) is 13.5 Å². The number of hydrogen-bond donors (Lipinski definition) is 0. The Labute approximate surface area is 131 Å². The normalized spacial score (nSPS) is 10.7. The van der Waals surface area contributed by atoms with Gasteiger partial charge in [0.25, 0.3) is 5.56 Å². The highest BCUT2D eigenvalue weighted by molar-refractivity contribution is 5.88. The standard InChI is InChI=1S/C16H13N3O4/c1-11-3-2-4-14-17-13(9-15(20)19(11)14)10-23-16(21)12-5-7-18(22)8-6-12/h2-9H,10H2,1H3. The molecule has 0 saturated carbocycles. The van der Waals surface area contributed by atoms with Crippen LogP contribution in [0.25, 0.3) is 5.65 Å². The molecule has 3 heterocycles. The highest BCUT2D eigenvalue weighted by Crippen LogP contribution is 2.06. The van der Waals surface area contributed by atoms with Gasteiger partial charge >= 0.3 is 5.97 Å². The summed E-state index contributed by atoms with van der Waals surface area (Å²) in [5.74, 6) is -0.586. The van der Waals surface area contributed by atoms with Crippen molar-refractivity contribution in [1.29, 1.82) is 0 Å². The Kier molecular flexibility index (Phi) is 3.76. The number of fused-ring (bicyclic) bond motifs is 1. The van der Waals surface area contributed by atoms with Crippen LogP contribution in [0.3, 0.4) is 0 Å². The van der Waals surface area contributed by atoms with Gasteiger partial charge < -0.3 is 9.94 Å². The molecule has 0 fully saturated rings. The fraction of sp³-hybridized carbons (Fsp3) is 0.125. The van der Waals surface area contributed by atoms with Crippen LogP contribution in [0.1, 0.15) is 21.7 Å². The van der Waals surface area contributed by atoms with Gasteiger partial charge in [-0.1, -0.05) is 6.07 Å². The Bertz CT molecular complexity index is 932. The van der Waals surface area contributed by atoms with Crippen LogP contribution in [0.5, 0.6) is 0 Å². The van der Waals surface area contributed by atoms with E-state index in [2.05, 4.69) is 4.98 Å². The molecule has 0 N–H and O–H groups in total. The van der Waals surface area contributed by atoms with E-state index in [9.17, 15) is 14.8 Å². The van der Waals surface area contributed by atoms with E-state index in [1.807, 2.05) is 13.0 Å². The summed E-state index contributed by atoms with van der Waals surface area (Å²) in [5.41, 5.74) is 1.66. The highest BCUT2D eigenvalue weighted by atomic mass is 16.5. The third kappa shape index (κ3) is 3.03. The van der Waals surface area contributed by atoms with E-state index >= 15 is 0 Å². The summed E-state index contributed by atoms with van der Waals surface area (Å²) in [4.78, 5) is 28.3. The van der Waals surface area contributed by atoms with Crippen LogP contribution < -0.4 is 10.3 Å². The lowest BCUT2D eigenvalue weighted by atomic mass is 10.3. The second kappa shape index (κ2) is 5.88. The lowest BCUT2D eigenvalue weighted by Gasteiger charge is -2.07. The van der Waals surface area contributed by atoms with Crippen LogP contribution in [-0.4, -0.2) is 15.4 Å². The van der Waals surface area contributed by atoms with Crippen LogP contribution in [0.2, 0.25) is 0 Å². The number of esters is 1. The van der Waals surface area contributed by atoms with Gasteiger partial charge in [0.2, 0.25) is 0 Å². The molecule has 0 atom stereocenters. The van der Waals surface area contributed by atoms with Crippen LogP contribution >= 0.6 is 0 Å². The third-order valence-electron chi connectivity index (χ3n) is 3.32. The Morgan fingerprint density at radius 2 is 2.04 bits per heavy atom. The zero-order valence-corrected chi connectivity index (χ0v) is 12.3. The second-order valence-electron chi connectivity index (χ2n) is 4.97. The quantitative estimate of drug-likeness (QED) is 0.409. The first-order valence-corrected chi connectivity index (χ1v) is 6.89. The lowest BCUT2D eigenvalue weighted by molar-refractivity contribution is -0.605. The van der Waals surface area contributed by atoms with Crippen LogP contribution in [-0.2, 0) is 11.3 Å². The summed E-state index contributed by atoms with van der Waals surface area (Å²) in [6, 6.07) is 9.39. The molecule has 3 aromatic rings. The van der Waals surface area contributed by atoms with E-state index in [4.69, 9.17) is 4.74 Å². The molecule has 0 spiro atoms. The predicted octanol–water partition coefficient (Wildman–Crippen LogP) is 0.993. The molecule has 0 aliphatic rings. The molecule has 0 radical (unpaired) electrons. The van der Waals surface area contributed by atoms with Crippen molar-refractivity contribution < 1.29 is 14.3 Å². The van der Waals surface area contributed by atoms with Crippen molar-refractivity contribution in [1.82, 2.24) is 9.38 Å². The number of carbonyl (C=O) groups excluding carboxylic acids is 1. The van der Waals surface area contributed by atoms with Crippen LogP contribution in [0, 0.1) is 12.1 Å². The molecular weight excluding hydrogens is 298 g/mol. The van der Waals surface area contributed by atoms with Gasteiger partial charge in [0, 0.05) is 23.9 Å². The third-order valence-corrected chi connectivity index (χ3v) is 3.32. The zero-order chi connectivity index (χ0) is 16.4. The van der Waals surface area contributed by atoms with E-state index in [1.54, 1.807) is 12.1 Å². The van der Waals surface area contributed by atoms with Gasteiger partial charge in [-0.2, -0.15) is 4.73 Å². The second-order valence-corrected chi connectivity index (χ2v) is 4.97. The highest BCUT2D eigenvalue weighted by Gasteiger charge is 2.10. The molecule has 0 unspecified atom stereocenters. The van der Waals surface area contributed by atoms with E-state index in [0.717, 1.165) is 5.69 Å². The fourth-order valence-corrected chi connectivity index (χ4v) is 2.21. The number of rotatable bonds is 3. The van der Waals surface area contributed by atoms with Gasteiger partial charge in [0.15, 0.2) is 12.4 Å². The molecule has 3 rings (SSSR count). The van der Waals surface area contributed by atoms with E-state index in [1.165, 1.54) is 35.0 Å². The average Bonchev–Trinajstić information content (AvgIpc) is 2.53. The summed E-state index contributed by atoms with van der Waals surface area (Å²) >= 11 is 0. The molecular formula is C16H13N3O4. The summed E-state index contributed by atoms with van der Waals surface area (Å²) in [6.45, 7) is 1.69. The molecule has 0 aliphatic carbocycles. The first-order chi connectivity index (χ1) is 11.0. The van der Waals surface area contributed by atoms with Gasteiger partial charge in [-0.05, 0) is 19.1 Å². The topological polar surface area (TPSA) is 87.6 Å². The Morgan fingerprint density at radius 3 is 2.78 bits per heavy atom. The number of hydrogen-bond acceptors (Lipinski definition) is 5. The molecule has 0 bridgehead atoms. The maximum Gasteiger partial charge on any atom is 0.338 e. The number of aryl methyl sites for hydroxylation is 1. The van der Waals surface area contributed by atoms with Crippen molar-refractivity contribution in [2.24, 2.45) is 0 Å². The maximum atomic E-state index is 12.1. The Balaban J connectivity index is 1.81. The van der Waals surface area contributed by atoms with Gasteiger partial charge in [-0.25, -0.2) is 9.78 Å². The average molecular weight is 311 g/mol. The van der Waals surface area contributed by atoms with Gasteiger partial charge in [-0.15, -0.1) is 0 Å². The molecule has 23 heavy (non-hydrogen) atoms. The summed E-state index contributed by atoms with van der Waals surface area (Å²) in [5, 5.41) is 10.9. The Morgan fingerprint density at radius 1 is 1.30 bits per heavy atom. The monoisotopic (exact) mass is 311 g/mol. The molecule has 3 aromatic heterocycles.